The molecule has 0 amide bonds. The Morgan fingerprint density at radius 2 is 1.41 bits per heavy atom. The Balaban J connectivity index is 2.19. The minimum atomic E-state index is -4.91. The molecule has 13 heteroatoms. The molecule has 4 rings (SSSR count). The molecule has 0 saturated carbocycles. The second-order valence-electron chi connectivity index (χ2n) is 5.72. The summed E-state index contributed by atoms with van der Waals surface area (Å²) in [6.45, 7) is 0. The molecule has 0 fully saturated rings. The van der Waals surface area contributed by atoms with Gasteiger partial charge >= 0.3 is 0 Å². The standard InChI is InChI=1S/C16H10O10S3/c17-11-5-12(27-25-23-18)8-2-3-9-13(28-26-24-19)6-14(29(20,21)22)10-4-1-7(11)15(8)16(9)10/h1-6,17-19H,(H,20,21,22)/p-3. The van der Waals surface area contributed by atoms with E-state index in [-0.39, 0.29) is 20.6 Å². The molecule has 0 atom stereocenters. The summed E-state index contributed by atoms with van der Waals surface area (Å²) in [5, 5.41) is 40.1. The fourth-order valence-corrected chi connectivity index (χ4v) is 5.14. The van der Waals surface area contributed by atoms with E-state index in [0.717, 1.165) is 6.07 Å². The molecular weight excluding hydrogens is 448 g/mol. The van der Waals surface area contributed by atoms with Crippen molar-refractivity contribution in [1.82, 2.24) is 0 Å². The van der Waals surface area contributed by atoms with Crippen molar-refractivity contribution in [2.24, 2.45) is 0 Å². The van der Waals surface area contributed by atoms with Gasteiger partial charge in [-0.2, -0.15) is 4.33 Å². The van der Waals surface area contributed by atoms with Gasteiger partial charge in [-0.15, -0.1) is 4.33 Å². The van der Waals surface area contributed by atoms with Crippen molar-refractivity contribution in [3.63, 3.8) is 0 Å². The monoisotopic (exact) mass is 455 g/mol. The van der Waals surface area contributed by atoms with Crippen LogP contribution in [0.15, 0.2) is 51.1 Å². The molecule has 10 nitrogen and oxygen atoms in total. The fourth-order valence-electron chi connectivity index (χ4n) is 3.31. The number of benzene rings is 4. The second kappa shape index (κ2) is 7.73. The van der Waals surface area contributed by atoms with Crippen molar-refractivity contribution >= 4 is 66.5 Å². The Morgan fingerprint density at radius 1 is 0.862 bits per heavy atom. The van der Waals surface area contributed by atoms with Crippen molar-refractivity contribution in [1.29, 1.82) is 0 Å². The maximum absolute atomic E-state index is 12.6. The van der Waals surface area contributed by atoms with E-state index >= 15 is 0 Å². The number of hydrogen-bond donors (Lipinski definition) is 1. The maximum atomic E-state index is 12.6. The highest BCUT2D eigenvalue weighted by atomic mass is 32.2. The summed E-state index contributed by atoms with van der Waals surface area (Å²) in [6.07, 6.45) is 0. The van der Waals surface area contributed by atoms with Crippen LogP contribution in [0.4, 0.5) is 0 Å². The third-order valence-electron chi connectivity index (χ3n) is 4.32. The Bertz CT molecular complexity index is 1320. The fraction of sp³-hybridized carbons (Fsp3) is 0. The molecule has 0 spiro atoms. The third-order valence-corrected chi connectivity index (χ3v) is 6.49. The zero-order valence-electron chi connectivity index (χ0n) is 13.8. The van der Waals surface area contributed by atoms with Crippen LogP contribution in [0.3, 0.4) is 0 Å². The Kier molecular flexibility index (Phi) is 5.43. The highest BCUT2D eigenvalue weighted by Gasteiger charge is 2.20. The van der Waals surface area contributed by atoms with Gasteiger partial charge in [-0.25, -0.2) is 13.7 Å². The van der Waals surface area contributed by atoms with E-state index in [2.05, 4.69) is 18.7 Å². The van der Waals surface area contributed by atoms with Gasteiger partial charge in [0.2, 0.25) is 0 Å². The summed E-state index contributed by atoms with van der Waals surface area (Å²) in [5.74, 6) is -0.403. The molecule has 4 aromatic carbocycles. The summed E-state index contributed by atoms with van der Waals surface area (Å²) in [7, 11) is -4.91. The van der Waals surface area contributed by atoms with Gasteiger partial charge in [-0.05, 0) is 33.0 Å². The van der Waals surface area contributed by atoms with Crippen molar-refractivity contribution < 1.29 is 47.3 Å². The Labute approximate surface area is 170 Å². The molecule has 29 heavy (non-hydrogen) atoms. The van der Waals surface area contributed by atoms with Crippen LogP contribution in [0.25, 0.3) is 32.3 Å². The van der Waals surface area contributed by atoms with Gasteiger partial charge < -0.3 is 14.9 Å². The average molecular weight is 455 g/mol. The van der Waals surface area contributed by atoms with E-state index in [1.165, 1.54) is 18.2 Å². The lowest BCUT2D eigenvalue weighted by Gasteiger charge is -2.21. The van der Waals surface area contributed by atoms with Crippen molar-refractivity contribution in [3.05, 3.63) is 36.4 Å². The van der Waals surface area contributed by atoms with E-state index in [0.29, 0.717) is 45.6 Å². The van der Waals surface area contributed by atoms with Gasteiger partial charge in [-0.3, -0.25) is 5.04 Å². The lowest BCUT2D eigenvalue weighted by molar-refractivity contribution is -0.777. The summed E-state index contributed by atoms with van der Waals surface area (Å²) < 4.78 is 44.3. The minimum Gasteiger partial charge on any atom is -0.872 e. The van der Waals surface area contributed by atoms with Crippen LogP contribution in [0.2, 0.25) is 0 Å². The molecule has 4 aromatic rings. The average Bonchev–Trinajstić information content (AvgIpc) is 2.69. The zero-order valence-corrected chi connectivity index (χ0v) is 16.3. The normalized spacial score (nSPS) is 12.5. The van der Waals surface area contributed by atoms with Gasteiger partial charge in [0.15, 0.2) is 0 Å². The molecule has 0 aliphatic rings. The van der Waals surface area contributed by atoms with Crippen LogP contribution in [0.5, 0.6) is 5.75 Å². The Hall–Kier alpha value is -1.91. The first kappa shape index (κ1) is 20.4. The van der Waals surface area contributed by atoms with Crippen molar-refractivity contribution in [3.8, 4) is 5.75 Å². The third kappa shape index (κ3) is 3.47. The summed E-state index contributed by atoms with van der Waals surface area (Å²) in [6, 6.07) is 8.35. The van der Waals surface area contributed by atoms with Gasteiger partial charge in [-0.1, -0.05) is 41.1 Å². The van der Waals surface area contributed by atoms with Crippen LogP contribution in [0, 0.1) is 0 Å². The van der Waals surface area contributed by atoms with E-state index in [9.17, 15) is 23.3 Å². The molecule has 152 valence electrons. The number of rotatable bonds is 7. The summed E-state index contributed by atoms with van der Waals surface area (Å²) in [4.78, 5) is -0.135. The van der Waals surface area contributed by atoms with Crippen LogP contribution in [-0.4, -0.2) is 18.2 Å². The van der Waals surface area contributed by atoms with Crippen LogP contribution in [-0.2, 0) is 28.9 Å². The van der Waals surface area contributed by atoms with Crippen LogP contribution < -0.4 is 10.4 Å². The van der Waals surface area contributed by atoms with Gasteiger partial charge in [0.25, 0.3) is 0 Å². The van der Waals surface area contributed by atoms with E-state index in [1.54, 1.807) is 12.1 Å². The SMILES string of the molecule is O=S(=O)([O-])c1cc(SOO[O-])c2ccc3c(SOOO)cc([O-])c4ccc1c2c43. The smallest absolute Gasteiger partial charge is 0.125 e. The largest absolute Gasteiger partial charge is 0.872 e. The predicted molar refractivity (Wildman–Crippen MR) is 96.2 cm³/mol. The molecular formula is C16H7O10S3-3. The molecule has 0 aromatic heterocycles. The maximum Gasteiger partial charge on any atom is 0.125 e. The zero-order chi connectivity index (χ0) is 20.8. The topological polar surface area (TPSA) is 160 Å². The van der Waals surface area contributed by atoms with Crippen LogP contribution >= 0.6 is 24.1 Å². The predicted octanol–water partition coefficient (Wildman–Crippen LogP) is 2.22. The second-order valence-corrected chi connectivity index (χ2v) is 8.55. The molecule has 0 heterocycles. The van der Waals surface area contributed by atoms with Crippen molar-refractivity contribution in [2.75, 3.05) is 0 Å². The number of hydrogen-bond acceptors (Lipinski definition) is 12. The summed E-state index contributed by atoms with van der Waals surface area (Å²) in [5.41, 5.74) is 0. The lowest BCUT2D eigenvalue weighted by atomic mass is 9.94. The van der Waals surface area contributed by atoms with Gasteiger partial charge in [0.05, 0.1) is 29.0 Å². The molecule has 0 bridgehead atoms. The quantitative estimate of drug-likeness (QED) is 0.142. The van der Waals surface area contributed by atoms with Crippen molar-refractivity contribution in [2.45, 2.75) is 14.7 Å². The highest BCUT2D eigenvalue weighted by Crippen LogP contribution is 2.46. The first-order chi connectivity index (χ1) is 13.9. The first-order valence-corrected chi connectivity index (χ1v) is 10.4. The minimum absolute atomic E-state index is 0.0985. The van der Waals surface area contributed by atoms with Gasteiger partial charge in [0, 0.05) is 15.2 Å². The molecule has 0 aliphatic carbocycles. The van der Waals surface area contributed by atoms with E-state index in [1.807, 2.05) is 0 Å². The van der Waals surface area contributed by atoms with Gasteiger partial charge in [0.1, 0.15) is 10.1 Å². The summed E-state index contributed by atoms with van der Waals surface area (Å²) >= 11 is 0.998. The van der Waals surface area contributed by atoms with Crippen LogP contribution in [0.1, 0.15) is 0 Å². The molecule has 1 N–H and O–H groups in total. The molecule has 0 radical (unpaired) electrons. The highest BCUT2D eigenvalue weighted by molar-refractivity contribution is 7.95. The lowest BCUT2D eigenvalue weighted by Crippen LogP contribution is -2.03. The first-order valence-electron chi connectivity index (χ1n) is 7.56. The Morgan fingerprint density at radius 3 is 2.03 bits per heavy atom. The molecule has 0 aliphatic heterocycles. The molecule has 0 saturated heterocycles. The van der Waals surface area contributed by atoms with E-state index < -0.39 is 20.8 Å². The molecule has 0 unspecified atom stereocenters. The van der Waals surface area contributed by atoms with E-state index in [4.69, 9.17) is 5.26 Å².